The second-order valence-electron chi connectivity index (χ2n) is 5.15. The summed E-state index contributed by atoms with van der Waals surface area (Å²) < 4.78 is 6.74. The monoisotopic (exact) mass is 297 g/mol. The second-order valence-corrected chi connectivity index (χ2v) is 5.15. The van der Waals surface area contributed by atoms with Crippen molar-refractivity contribution < 1.29 is 9.52 Å². The lowest BCUT2D eigenvalue weighted by molar-refractivity contribution is 0.432. The van der Waals surface area contributed by atoms with E-state index in [1.807, 2.05) is 31.4 Å². The summed E-state index contributed by atoms with van der Waals surface area (Å²) in [6, 6.07) is 6.95. The van der Waals surface area contributed by atoms with E-state index in [1.54, 1.807) is 18.5 Å². The van der Waals surface area contributed by atoms with Crippen LogP contribution in [-0.2, 0) is 7.05 Å². The molecule has 0 aliphatic carbocycles. The third-order valence-electron chi connectivity index (χ3n) is 3.32. The van der Waals surface area contributed by atoms with Crippen molar-refractivity contribution in [1.29, 1.82) is 0 Å². The Kier molecular flexibility index (Phi) is 3.29. The van der Waals surface area contributed by atoms with Crippen LogP contribution in [0.2, 0.25) is 0 Å². The molecule has 1 N–H and O–H groups in total. The van der Waals surface area contributed by atoms with E-state index < -0.39 is 5.63 Å². The van der Waals surface area contributed by atoms with Gasteiger partial charge in [0.05, 0.1) is 16.9 Å². The summed E-state index contributed by atoms with van der Waals surface area (Å²) in [7, 11) is 1.85. The first-order valence-corrected chi connectivity index (χ1v) is 6.77. The zero-order valence-electron chi connectivity index (χ0n) is 12.5. The van der Waals surface area contributed by atoms with Gasteiger partial charge < -0.3 is 9.52 Å². The number of hydrogen-bond acceptors (Lipinski definition) is 5. The summed E-state index contributed by atoms with van der Waals surface area (Å²) >= 11 is 0. The zero-order chi connectivity index (χ0) is 15.9. The molecule has 0 fully saturated rings. The average molecular weight is 297 g/mol. The molecule has 0 aliphatic rings. The lowest BCUT2D eigenvalue weighted by Crippen LogP contribution is -2.12. The van der Waals surface area contributed by atoms with Gasteiger partial charge in [-0.1, -0.05) is 0 Å². The summed E-state index contributed by atoms with van der Waals surface area (Å²) in [6.07, 6.45) is 1.89. The minimum absolute atomic E-state index is 0.0804. The van der Waals surface area contributed by atoms with E-state index in [2.05, 4.69) is 10.1 Å². The smallest absolute Gasteiger partial charge is 0.348 e. The number of fused-ring (bicyclic) bond motifs is 1. The molecular weight excluding hydrogens is 282 g/mol. The maximum Gasteiger partial charge on any atom is 0.348 e. The Balaban J connectivity index is 2.08. The van der Waals surface area contributed by atoms with Gasteiger partial charge in [0.15, 0.2) is 0 Å². The number of aryl methyl sites for hydroxylation is 2. The number of aromatic hydroxyl groups is 1. The predicted octanol–water partition coefficient (Wildman–Crippen LogP) is 2.68. The highest BCUT2D eigenvalue weighted by Crippen LogP contribution is 2.22. The van der Waals surface area contributed by atoms with Crippen LogP contribution in [0.15, 0.2) is 44.7 Å². The van der Waals surface area contributed by atoms with E-state index in [4.69, 9.17) is 4.42 Å². The fraction of sp³-hybridized carbons (Fsp3) is 0.188. The Labute approximate surface area is 126 Å². The molecule has 0 amide bonds. The molecule has 0 unspecified atom stereocenters. The molecule has 6 nitrogen and oxygen atoms in total. The highest BCUT2D eigenvalue weighted by atomic mass is 16.4. The summed E-state index contributed by atoms with van der Waals surface area (Å²) in [5, 5.41) is 15.2. The van der Waals surface area contributed by atoms with Crippen molar-refractivity contribution in [3.05, 3.63) is 52.2 Å². The van der Waals surface area contributed by atoms with Crippen molar-refractivity contribution in [3.63, 3.8) is 0 Å². The highest BCUT2D eigenvalue weighted by molar-refractivity contribution is 6.02. The van der Waals surface area contributed by atoms with Crippen molar-refractivity contribution >= 4 is 22.3 Å². The average Bonchev–Trinajstić information content (AvgIpc) is 2.76. The summed E-state index contributed by atoms with van der Waals surface area (Å²) in [5.74, 6) is 0.230. The minimum atomic E-state index is -0.596. The molecule has 3 aromatic rings. The lowest BCUT2D eigenvalue weighted by atomic mass is 10.1. The molecule has 0 saturated heterocycles. The Morgan fingerprint density at radius 2 is 2.14 bits per heavy atom. The second kappa shape index (κ2) is 5.14. The molecule has 6 heteroatoms. The summed E-state index contributed by atoms with van der Waals surface area (Å²) in [4.78, 5) is 16.3. The molecule has 0 atom stereocenters. The van der Waals surface area contributed by atoms with Gasteiger partial charge in [-0.15, -0.1) is 0 Å². The van der Waals surface area contributed by atoms with Crippen molar-refractivity contribution in [2.75, 3.05) is 0 Å². The quantitative estimate of drug-likeness (QED) is 0.737. The van der Waals surface area contributed by atoms with Gasteiger partial charge >= 0.3 is 5.63 Å². The largest absolute Gasteiger partial charge is 0.507 e. The van der Waals surface area contributed by atoms with Gasteiger partial charge in [0, 0.05) is 24.7 Å². The number of benzene rings is 1. The van der Waals surface area contributed by atoms with Crippen molar-refractivity contribution in [2.24, 2.45) is 12.0 Å². The fourth-order valence-electron chi connectivity index (χ4n) is 2.38. The number of hydrogen-bond donors (Lipinski definition) is 1. The SMILES string of the molecule is CC(=Nc1ccc2nn(C)cc2c1)c1c(O)cc(C)oc1=O. The van der Waals surface area contributed by atoms with Crippen LogP contribution in [0.5, 0.6) is 5.75 Å². The maximum absolute atomic E-state index is 11.9. The van der Waals surface area contributed by atoms with E-state index in [1.165, 1.54) is 6.07 Å². The molecule has 2 aromatic heterocycles. The Morgan fingerprint density at radius 3 is 2.86 bits per heavy atom. The lowest BCUT2D eigenvalue weighted by Gasteiger charge is -2.03. The molecule has 1 aromatic carbocycles. The third-order valence-corrected chi connectivity index (χ3v) is 3.32. The van der Waals surface area contributed by atoms with E-state index in [0.717, 1.165) is 10.9 Å². The molecule has 2 heterocycles. The van der Waals surface area contributed by atoms with Gasteiger partial charge in [0.1, 0.15) is 17.1 Å². The number of rotatable bonds is 2. The zero-order valence-corrected chi connectivity index (χ0v) is 12.5. The van der Waals surface area contributed by atoms with Crippen LogP contribution in [0, 0.1) is 6.92 Å². The summed E-state index contributed by atoms with van der Waals surface area (Å²) in [5.41, 5.74) is 1.43. The maximum atomic E-state index is 11.9. The number of aromatic nitrogens is 2. The van der Waals surface area contributed by atoms with Gasteiger partial charge in [-0.25, -0.2) is 4.79 Å². The molecular formula is C16H15N3O3. The van der Waals surface area contributed by atoms with Gasteiger partial charge in [-0.3, -0.25) is 9.67 Å². The van der Waals surface area contributed by atoms with Crippen molar-refractivity contribution in [1.82, 2.24) is 9.78 Å². The Bertz CT molecular complexity index is 951. The normalized spacial score (nSPS) is 12.0. The molecule has 0 bridgehead atoms. The van der Waals surface area contributed by atoms with Crippen LogP contribution in [0.1, 0.15) is 18.2 Å². The first kappa shape index (κ1) is 14.1. The van der Waals surface area contributed by atoms with E-state index >= 15 is 0 Å². The van der Waals surface area contributed by atoms with Crippen LogP contribution in [0.25, 0.3) is 10.9 Å². The molecule has 0 saturated carbocycles. The molecule has 0 spiro atoms. The van der Waals surface area contributed by atoms with E-state index in [9.17, 15) is 9.90 Å². The van der Waals surface area contributed by atoms with Gasteiger partial charge in [0.25, 0.3) is 0 Å². The number of nitrogens with zero attached hydrogens (tertiary/aromatic N) is 3. The Morgan fingerprint density at radius 1 is 1.36 bits per heavy atom. The van der Waals surface area contributed by atoms with Crippen LogP contribution in [0.3, 0.4) is 0 Å². The third kappa shape index (κ3) is 2.50. The highest BCUT2D eigenvalue weighted by Gasteiger charge is 2.13. The van der Waals surface area contributed by atoms with Crippen LogP contribution in [-0.4, -0.2) is 20.6 Å². The minimum Gasteiger partial charge on any atom is -0.507 e. The van der Waals surface area contributed by atoms with Crippen LogP contribution >= 0.6 is 0 Å². The standard InChI is InChI=1S/C16H15N3O3/c1-9-6-14(20)15(16(21)22-9)10(2)17-12-4-5-13-11(7-12)8-19(3)18-13/h4-8,20H,1-3H3. The van der Waals surface area contributed by atoms with Gasteiger partial charge in [0.2, 0.25) is 0 Å². The van der Waals surface area contributed by atoms with E-state index in [-0.39, 0.29) is 11.3 Å². The first-order chi connectivity index (χ1) is 10.4. The van der Waals surface area contributed by atoms with Gasteiger partial charge in [-0.2, -0.15) is 5.10 Å². The van der Waals surface area contributed by atoms with E-state index in [0.29, 0.717) is 17.2 Å². The van der Waals surface area contributed by atoms with Crippen molar-refractivity contribution in [2.45, 2.75) is 13.8 Å². The molecule has 22 heavy (non-hydrogen) atoms. The fourth-order valence-corrected chi connectivity index (χ4v) is 2.38. The van der Waals surface area contributed by atoms with Crippen molar-refractivity contribution in [3.8, 4) is 5.75 Å². The topological polar surface area (TPSA) is 80.6 Å². The van der Waals surface area contributed by atoms with Crippen LogP contribution in [0.4, 0.5) is 5.69 Å². The molecule has 0 radical (unpaired) electrons. The first-order valence-electron chi connectivity index (χ1n) is 6.77. The predicted molar refractivity (Wildman–Crippen MR) is 84.0 cm³/mol. The summed E-state index contributed by atoms with van der Waals surface area (Å²) in [6.45, 7) is 3.27. The van der Waals surface area contributed by atoms with Crippen LogP contribution < -0.4 is 5.63 Å². The molecule has 3 rings (SSSR count). The number of aliphatic imine (C=N–C) groups is 1. The molecule has 112 valence electrons. The Hall–Kier alpha value is -2.89. The molecule has 0 aliphatic heterocycles. The van der Waals surface area contributed by atoms with Gasteiger partial charge in [-0.05, 0) is 32.0 Å².